The van der Waals surface area contributed by atoms with Crippen molar-refractivity contribution in [3.8, 4) is 0 Å². The van der Waals surface area contributed by atoms with Gasteiger partial charge in [-0.25, -0.2) is 4.39 Å². The van der Waals surface area contributed by atoms with Crippen LogP contribution >= 0.6 is 11.6 Å². The van der Waals surface area contributed by atoms with Gasteiger partial charge in [-0.2, -0.15) is 0 Å². The molecule has 0 fully saturated rings. The Morgan fingerprint density at radius 3 is 2.79 bits per heavy atom. The molecule has 5 heteroatoms. The Labute approximate surface area is 115 Å². The van der Waals surface area contributed by atoms with E-state index in [-0.39, 0.29) is 5.56 Å². The number of hydrogen-bond donors (Lipinski definition) is 0. The molecule has 0 unspecified atom stereocenters. The van der Waals surface area contributed by atoms with Crippen LogP contribution in [0.4, 0.5) is 4.39 Å². The lowest BCUT2D eigenvalue weighted by Crippen LogP contribution is -2.27. The highest BCUT2D eigenvalue weighted by atomic mass is 35.5. The SMILES string of the molecule is CN(Cc1ccccc1Cl)C(=O)c1ccncc1F. The average molecular weight is 279 g/mol. The van der Waals surface area contributed by atoms with Gasteiger partial charge in [0.1, 0.15) is 0 Å². The van der Waals surface area contributed by atoms with Gasteiger partial charge in [-0.3, -0.25) is 9.78 Å². The van der Waals surface area contributed by atoms with Gasteiger partial charge in [-0.05, 0) is 17.7 Å². The molecule has 1 aromatic carbocycles. The Balaban J connectivity index is 2.17. The fraction of sp³-hybridized carbons (Fsp3) is 0.143. The van der Waals surface area contributed by atoms with Crippen molar-refractivity contribution in [2.24, 2.45) is 0 Å². The first-order valence-electron chi connectivity index (χ1n) is 5.68. The Morgan fingerprint density at radius 1 is 1.37 bits per heavy atom. The lowest BCUT2D eigenvalue weighted by atomic mass is 10.2. The molecule has 0 N–H and O–H groups in total. The van der Waals surface area contributed by atoms with E-state index in [9.17, 15) is 9.18 Å². The number of carbonyl (C=O) groups excluding carboxylic acids is 1. The predicted octanol–water partition coefficient (Wildman–Crippen LogP) is 3.15. The van der Waals surface area contributed by atoms with Gasteiger partial charge in [0.2, 0.25) is 0 Å². The molecule has 0 spiro atoms. The number of hydrogen-bond acceptors (Lipinski definition) is 2. The average Bonchev–Trinajstić information content (AvgIpc) is 2.41. The maximum absolute atomic E-state index is 13.5. The quantitative estimate of drug-likeness (QED) is 0.864. The summed E-state index contributed by atoms with van der Waals surface area (Å²) in [6.45, 7) is 0.320. The molecule has 19 heavy (non-hydrogen) atoms. The molecule has 3 nitrogen and oxygen atoms in total. The number of nitrogens with zero attached hydrogens (tertiary/aromatic N) is 2. The number of amides is 1. The summed E-state index contributed by atoms with van der Waals surface area (Å²) in [5, 5.41) is 0.581. The lowest BCUT2D eigenvalue weighted by Gasteiger charge is -2.18. The van der Waals surface area contributed by atoms with Crippen molar-refractivity contribution in [1.29, 1.82) is 0 Å². The van der Waals surface area contributed by atoms with E-state index in [4.69, 9.17) is 11.6 Å². The highest BCUT2D eigenvalue weighted by Gasteiger charge is 2.16. The molecule has 2 aromatic rings. The van der Waals surface area contributed by atoms with Gasteiger partial charge in [-0.1, -0.05) is 29.8 Å². The summed E-state index contributed by atoms with van der Waals surface area (Å²) in [5.74, 6) is -1.03. The number of rotatable bonds is 3. The normalized spacial score (nSPS) is 10.3. The van der Waals surface area contributed by atoms with Crippen LogP contribution in [0.2, 0.25) is 5.02 Å². The standard InChI is InChI=1S/C14H12ClFN2O/c1-18(9-10-4-2-3-5-12(10)15)14(19)11-6-7-17-8-13(11)16/h2-8H,9H2,1H3. The highest BCUT2D eigenvalue weighted by molar-refractivity contribution is 6.31. The molecule has 1 aromatic heterocycles. The van der Waals surface area contributed by atoms with Crippen molar-refractivity contribution in [1.82, 2.24) is 9.88 Å². The Bertz CT molecular complexity index is 604. The fourth-order valence-corrected chi connectivity index (χ4v) is 1.90. The zero-order valence-corrected chi connectivity index (χ0v) is 11.1. The molecule has 0 aliphatic rings. The Kier molecular flexibility index (Phi) is 4.12. The van der Waals surface area contributed by atoms with Crippen LogP contribution in [0.25, 0.3) is 0 Å². The topological polar surface area (TPSA) is 33.2 Å². The summed E-state index contributed by atoms with van der Waals surface area (Å²) >= 11 is 6.03. The number of pyridine rings is 1. The van der Waals surface area contributed by atoms with E-state index in [1.807, 2.05) is 18.2 Å². The smallest absolute Gasteiger partial charge is 0.256 e. The molecule has 2 rings (SSSR count). The summed E-state index contributed by atoms with van der Waals surface area (Å²) in [5.41, 5.74) is 0.819. The summed E-state index contributed by atoms with van der Waals surface area (Å²) in [6.07, 6.45) is 2.41. The first kappa shape index (κ1) is 13.5. The summed E-state index contributed by atoms with van der Waals surface area (Å²) in [7, 11) is 1.60. The van der Waals surface area contributed by atoms with Crippen molar-refractivity contribution in [3.63, 3.8) is 0 Å². The van der Waals surface area contributed by atoms with E-state index in [0.717, 1.165) is 11.8 Å². The van der Waals surface area contributed by atoms with Crippen molar-refractivity contribution >= 4 is 17.5 Å². The lowest BCUT2D eigenvalue weighted by molar-refractivity contribution is 0.0780. The van der Waals surface area contributed by atoms with Gasteiger partial charge in [0.25, 0.3) is 5.91 Å². The monoisotopic (exact) mass is 278 g/mol. The van der Waals surface area contributed by atoms with E-state index in [0.29, 0.717) is 11.6 Å². The predicted molar refractivity (Wildman–Crippen MR) is 71.4 cm³/mol. The minimum atomic E-state index is -0.626. The van der Waals surface area contributed by atoms with Crippen molar-refractivity contribution in [2.75, 3.05) is 7.05 Å². The third kappa shape index (κ3) is 3.09. The Hall–Kier alpha value is -1.94. The zero-order valence-electron chi connectivity index (χ0n) is 10.3. The third-order valence-corrected chi connectivity index (χ3v) is 3.08. The second kappa shape index (κ2) is 5.80. The molecule has 0 bridgehead atoms. The molecule has 0 saturated carbocycles. The number of benzene rings is 1. The first-order chi connectivity index (χ1) is 9.09. The van der Waals surface area contributed by atoms with Crippen LogP contribution in [0.3, 0.4) is 0 Å². The van der Waals surface area contributed by atoms with Crippen LogP contribution in [0.5, 0.6) is 0 Å². The van der Waals surface area contributed by atoms with E-state index >= 15 is 0 Å². The fourth-order valence-electron chi connectivity index (χ4n) is 1.71. The molecular weight excluding hydrogens is 267 g/mol. The summed E-state index contributed by atoms with van der Waals surface area (Å²) < 4.78 is 13.5. The molecule has 1 amide bonds. The van der Waals surface area contributed by atoms with Crippen molar-refractivity contribution in [2.45, 2.75) is 6.54 Å². The highest BCUT2D eigenvalue weighted by Crippen LogP contribution is 2.17. The number of halogens is 2. The van der Waals surface area contributed by atoms with E-state index < -0.39 is 11.7 Å². The van der Waals surface area contributed by atoms with E-state index in [1.54, 1.807) is 13.1 Å². The van der Waals surface area contributed by atoms with Crippen LogP contribution in [0.15, 0.2) is 42.7 Å². The molecule has 0 aliphatic heterocycles. The largest absolute Gasteiger partial charge is 0.337 e. The third-order valence-electron chi connectivity index (χ3n) is 2.71. The van der Waals surface area contributed by atoms with Gasteiger partial charge in [0.15, 0.2) is 5.82 Å². The molecule has 1 heterocycles. The molecule has 0 radical (unpaired) electrons. The maximum atomic E-state index is 13.5. The zero-order chi connectivity index (χ0) is 13.8. The second-order valence-corrected chi connectivity index (χ2v) is 4.52. The van der Waals surface area contributed by atoms with Crippen molar-refractivity contribution in [3.05, 3.63) is 64.7 Å². The second-order valence-electron chi connectivity index (χ2n) is 4.11. The minimum Gasteiger partial charge on any atom is -0.337 e. The first-order valence-corrected chi connectivity index (χ1v) is 6.06. The van der Waals surface area contributed by atoms with Gasteiger partial charge in [0, 0.05) is 24.8 Å². The van der Waals surface area contributed by atoms with Crippen LogP contribution in [0, 0.1) is 5.82 Å². The summed E-state index contributed by atoms with van der Waals surface area (Å²) in [4.78, 5) is 17.1. The number of aromatic nitrogens is 1. The summed E-state index contributed by atoms with van der Waals surface area (Å²) in [6, 6.07) is 8.60. The van der Waals surface area contributed by atoms with E-state index in [2.05, 4.69) is 4.98 Å². The van der Waals surface area contributed by atoms with Gasteiger partial charge in [-0.15, -0.1) is 0 Å². The van der Waals surface area contributed by atoms with Crippen molar-refractivity contribution < 1.29 is 9.18 Å². The van der Waals surface area contributed by atoms with Crippen LogP contribution < -0.4 is 0 Å². The van der Waals surface area contributed by atoms with E-state index in [1.165, 1.54) is 17.2 Å². The molecular formula is C14H12ClFN2O. The van der Waals surface area contributed by atoms with Crippen LogP contribution in [-0.4, -0.2) is 22.8 Å². The Morgan fingerprint density at radius 2 is 2.11 bits per heavy atom. The maximum Gasteiger partial charge on any atom is 0.256 e. The molecule has 0 saturated heterocycles. The molecule has 0 atom stereocenters. The molecule has 0 aliphatic carbocycles. The van der Waals surface area contributed by atoms with Crippen LogP contribution in [0.1, 0.15) is 15.9 Å². The van der Waals surface area contributed by atoms with Crippen LogP contribution in [-0.2, 0) is 6.54 Å². The van der Waals surface area contributed by atoms with Gasteiger partial charge < -0.3 is 4.90 Å². The van der Waals surface area contributed by atoms with Gasteiger partial charge >= 0.3 is 0 Å². The minimum absolute atomic E-state index is 0.00422. The van der Waals surface area contributed by atoms with Gasteiger partial charge in [0.05, 0.1) is 11.8 Å². The number of carbonyl (C=O) groups is 1. The molecule has 98 valence electrons.